The zero-order chi connectivity index (χ0) is 41.8. The number of carboxylic acids is 1. The van der Waals surface area contributed by atoms with Crippen molar-refractivity contribution < 1.29 is 53.8 Å². The van der Waals surface area contributed by atoms with Crippen LogP contribution < -0.4 is 0 Å². The number of unbranched alkanes of at least 4 members (excludes halogenated alkanes) is 23. The Morgan fingerprint density at radius 1 is 0.526 bits per heavy atom. The van der Waals surface area contributed by atoms with Gasteiger partial charge in [-0.05, 0) is 57.8 Å². The number of carbonyl (C=O) groups is 3. The van der Waals surface area contributed by atoms with Gasteiger partial charge in [0.25, 0.3) is 0 Å². The van der Waals surface area contributed by atoms with Gasteiger partial charge < -0.3 is 39.4 Å². The van der Waals surface area contributed by atoms with Gasteiger partial charge in [-0.1, -0.05) is 154 Å². The molecule has 1 saturated heterocycles. The molecular weight excluding hydrogens is 728 g/mol. The summed E-state index contributed by atoms with van der Waals surface area (Å²) in [5, 5.41) is 39.7. The first-order valence-corrected chi connectivity index (χ1v) is 22.9. The molecule has 0 saturated carbocycles. The van der Waals surface area contributed by atoms with E-state index in [9.17, 15) is 34.8 Å². The minimum atomic E-state index is -1.86. The minimum Gasteiger partial charge on any atom is -0.479 e. The lowest BCUT2D eigenvalue weighted by Crippen LogP contribution is -2.60. The third-order valence-corrected chi connectivity index (χ3v) is 10.5. The molecule has 4 N–H and O–H groups in total. The number of allylic oxidation sites excluding steroid dienone is 4. The Morgan fingerprint density at radius 3 is 1.44 bits per heavy atom. The SMILES string of the molecule is CCC/C=C\CCCCCCCC(=O)OC(COC(=O)CCCCCCCCCCC/C=C\CCCCCCCCCC)COC1OC(C(=O)O)C(O)C(O)C1O. The van der Waals surface area contributed by atoms with Gasteiger partial charge in [0.15, 0.2) is 18.5 Å². The van der Waals surface area contributed by atoms with Crippen molar-refractivity contribution in [3.05, 3.63) is 24.3 Å². The molecule has 332 valence electrons. The first kappa shape index (κ1) is 52.7. The van der Waals surface area contributed by atoms with Gasteiger partial charge in [0, 0.05) is 12.8 Å². The lowest BCUT2D eigenvalue weighted by molar-refractivity contribution is -0.298. The van der Waals surface area contributed by atoms with E-state index in [4.69, 9.17) is 18.9 Å². The molecule has 57 heavy (non-hydrogen) atoms. The molecule has 11 heteroatoms. The molecule has 0 aromatic carbocycles. The number of esters is 2. The van der Waals surface area contributed by atoms with E-state index in [1.165, 1.54) is 96.3 Å². The van der Waals surface area contributed by atoms with Crippen molar-refractivity contribution in [3.8, 4) is 0 Å². The Kier molecular flexibility index (Phi) is 34.0. The summed E-state index contributed by atoms with van der Waals surface area (Å²) in [5.74, 6) is -2.46. The summed E-state index contributed by atoms with van der Waals surface area (Å²) in [6.07, 6.45) is 31.1. The van der Waals surface area contributed by atoms with Crippen LogP contribution in [0.2, 0.25) is 0 Å². The Morgan fingerprint density at radius 2 is 0.965 bits per heavy atom. The van der Waals surface area contributed by atoms with Crippen LogP contribution >= 0.6 is 0 Å². The molecule has 6 unspecified atom stereocenters. The van der Waals surface area contributed by atoms with Crippen LogP contribution in [-0.4, -0.2) is 88.4 Å². The lowest BCUT2D eigenvalue weighted by Gasteiger charge is -2.38. The Labute approximate surface area is 345 Å². The van der Waals surface area contributed by atoms with E-state index in [0.717, 1.165) is 64.2 Å². The molecule has 0 amide bonds. The number of carbonyl (C=O) groups excluding carboxylic acids is 2. The van der Waals surface area contributed by atoms with Gasteiger partial charge in [-0.25, -0.2) is 4.79 Å². The van der Waals surface area contributed by atoms with Crippen LogP contribution in [0.3, 0.4) is 0 Å². The van der Waals surface area contributed by atoms with Gasteiger partial charge in [-0.15, -0.1) is 0 Å². The molecule has 1 aliphatic rings. The number of aliphatic hydroxyl groups excluding tert-OH is 3. The third-order valence-electron chi connectivity index (χ3n) is 10.5. The highest BCUT2D eigenvalue weighted by Crippen LogP contribution is 2.23. The molecule has 0 spiro atoms. The van der Waals surface area contributed by atoms with Crippen molar-refractivity contribution >= 4 is 17.9 Å². The van der Waals surface area contributed by atoms with Crippen LogP contribution in [0.25, 0.3) is 0 Å². The Balaban J connectivity index is 2.29. The quantitative estimate of drug-likeness (QED) is 0.0266. The molecule has 1 fully saturated rings. The number of hydrogen-bond donors (Lipinski definition) is 4. The van der Waals surface area contributed by atoms with Crippen molar-refractivity contribution in [2.24, 2.45) is 0 Å². The fraction of sp³-hybridized carbons (Fsp3) is 0.848. The minimum absolute atomic E-state index is 0.173. The van der Waals surface area contributed by atoms with Crippen molar-refractivity contribution in [2.75, 3.05) is 13.2 Å². The van der Waals surface area contributed by atoms with E-state index in [0.29, 0.717) is 12.8 Å². The second-order valence-corrected chi connectivity index (χ2v) is 15.9. The summed E-state index contributed by atoms with van der Waals surface area (Å²) in [5.41, 5.74) is 0. The van der Waals surface area contributed by atoms with Gasteiger partial charge in [0.2, 0.25) is 0 Å². The normalized spacial score (nSPS) is 20.3. The summed E-state index contributed by atoms with van der Waals surface area (Å²) < 4.78 is 21.7. The van der Waals surface area contributed by atoms with Gasteiger partial charge >= 0.3 is 17.9 Å². The van der Waals surface area contributed by atoms with Crippen LogP contribution in [0.5, 0.6) is 0 Å². The topological polar surface area (TPSA) is 169 Å². The Bertz CT molecular complexity index is 1050. The average molecular weight is 811 g/mol. The largest absolute Gasteiger partial charge is 0.479 e. The van der Waals surface area contributed by atoms with Crippen LogP contribution in [0.4, 0.5) is 0 Å². The summed E-state index contributed by atoms with van der Waals surface area (Å²) in [6, 6.07) is 0. The lowest BCUT2D eigenvalue weighted by atomic mass is 9.99. The highest BCUT2D eigenvalue weighted by Gasteiger charge is 2.47. The second kappa shape index (κ2) is 36.7. The molecule has 0 aromatic rings. The van der Waals surface area contributed by atoms with Gasteiger partial charge in [-0.3, -0.25) is 9.59 Å². The fourth-order valence-electron chi connectivity index (χ4n) is 6.88. The molecule has 1 rings (SSSR count). The fourth-order valence-corrected chi connectivity index (χ4v) is 6.88. The monoisotopic (exact) mass is 811 g/mol. The van der Waals surface area contributed by atoms with E-state index in [2.05, 4.69) is 38.2 Å². The van der Waals surface area contributed by atoms with E-state index < -0.39 is 61.3 Å². The predicted octanol–water partition coefficient (Wildman–Crippen LogP) is 9.82. The van der Waals surface area contributed by atoms with E-state index in [-0.39, 0.29) is 19.4 Å². The van der Waals surface area contributed by atoms with Crippen molar-refractivity contribution in [2.45, 2.75) is 237 Å². The number of ether oxygens (including phenoxy) is 4. The third kappa shape index (κ3) is 28.7. The zero-order valence-corrected chi connectivity index (χ0v) is 35.8. The van der Waals surface area contributed by atoms with E-state index in [1.54, 1.807) is 0 Å². The van der Waals surface area contributed by atoms with Crippen LogP contribution in [0, 0.1) is 0 Å². The maximum absolute atomic E-state index is 12.7. The average Bonchev–Trinajstić information content (AvgIpc) is 3.19. The molecule has 0 radical (unpaired) electrons. The molecule has 6 atom stereocenters. The maximum Gasteiger partial charge on any atom is 0.335 e. The molecule has 11 nitrogen and oxygen atoms in total. The molecule has 0 aliphatic carbocycles. The maximum atomic E-state index is 12.7. The first-order chi connectivity index (χ1) is 27.7. The smallest absolute Gasteiger partial charge is 0.335 e. The van der Waals surface area contributed by atoms with E-state index >= 15 is 0 Å². The van der Waals surface area contributed by atoms with Gasteiger partial charge in [0.05, 0.1) is 6.61 Å². The van der Waals surface area contributed by atoms with Gasteiger partial charge in [0.1, 0.15) is 24.9 Å². The van der Waals surface area contributed by atoms with Crippen LogP contribution in [0.15, 0.2) is 24.3 Å². The predicted molar refractivity (Wildman–Crippen MR) is 225 cm³/mol. The summed E-state index contributed by atoms with van der Waals surface area (Å²) in [4.78, 5) is 36.7. The molecule has 0 bridgehead atoms. The second-order valence-electron chi connectivity index (χ2n) is 15.9. The highest BCUT2D eigenvalue weighted by atomic mass is 16.7. The number of rotatable bonds is 38. The van der Waals surface area contributed by atoms with Crippen LogP contribution in [0.1, 0.15) is 200 Å². The summed E-state index contributed by atoms with van der Waals surface area (Å²) >= 11 is 0. The highest BCUT2D eigenvalue weighted by molar-refractivity contribution is 5.73. The first-order valence-electron chi connectivity index (χ1n) is 22.9. The van der Waals surface area contributed by atoms with Crippen molar-refractivity contribution in [1.29, 1.82) is 0 Å². The van der Waals surface area contributed by atoms with E-state index in [1.807, 2.05) is 0 Å². The van der Waals surface area contributed by atoms with Crippen molar-refractivity contribution in [1.82, 2.24) is 0 Å². The molecule has 1 heterocycles. The zero-order valence-electron chi connectivity index (χ0n) is 35.8. The number of aliphatic carboxylic acids is 1. The van der Waals surface area contributed by atoms with Gasteiger partial charge in [-0.2, -0.15) is 0 Å². The number of hydrogen-bond acceptors (Lipinski definition) is 10. The van der Waals surface area contributed by atoms with Crippen LogP contribution in [-0.2, 0) is 33.3 Å². The van der Waals surface area contributed by atoms with Crippen molar-refractivity contribution in [3.63, 3.8) is 0 Å². The number of aliphatic hydroxyl groups is 3. The molecule has 1 aliphatic heterocycles. The molecular formula is C46H82O11. The Hall–Kier alpha value is -2.31. The summed E-state index contributed by atoms with van der Waals surface area (Å²) in [6.45, 7) is 3.74. The standard InChI is InChI=1S/C46H82O11/c1-3-5-7-9-11-13-15-16-17-18-19-20-21-22-23-24-25-27-28-30-32-34-39(47)54-36-38(37-55-46-43(51)41(49)42(50)44(57-46)45(52)53)56-40(48)35-33-31-29-26-14-12-10-8-6-4-2/h8,10,18-19,38,41-44,46,49-51H,3-7,9,11-17,20-37H2,1-2H3,(H,52,53)/b10-8-,19-18-. The number of carboxylic acid groups (broad SMARTS) is 1. The molecule has 0 aromatic heterocycles. The summed E-state index contributed by atoms with van der Waals surface area (Å²) in [7, 11) is 0.